The van der Waals surface area contributed by atoms with Crippen molar-refractivity contribution in [2.24, 2.45) is 0 Å². The van der Waals surface area contributed by atoms with E-state index >= 15 is 0 Å². The second-order valence-electron chi connectivity index (χ2n) is 2.83. The van der Waals surface area contributed by atoms with E-state index in [0.29, 0.717) is 12.2 Å². The average Bonchev–Trinajstić information content (AvgIpc) is 2.67. The minimum Gasteiger partial charge on any atom is -0.466 e. The average molecular weight is 195 g/mol. The fourth-order valence-corrected chi connectivity index (χ4v) is 1.09. The highest BCUT2D eigenvalue weighted by Crippen LogP contribution is 2.04. The second-order valence-corrected chi connectivity index (χ2v) is 2.83. The lowest BCUT2D eigenvalue weighted by Gasteiger charge is -1.99. The molecule has 1 rings (SSSR count). The number of Topliss-reactive ketones (excluding diaryl/α,β-unsaturated/α-hetero) is 1. The van der Waals surface area contributed by atoms with Crippen molar-refractivity contribution in [1.29, 1.82) is 0 Å². The summed E-state index contributed by atoms with van der Waals surface area (Å²) >= 11 is 0. The third-order valence-corrected chi connectivity index (χ3v) is 1.78. The summed E-state index contributed by atoms with van der Waals surface area (Å²) in [7, 11) is 0. The van der Waals surface area contributed by atoms with Crippen LogP contribution in [0.3, 0.4) is 0 Å². The number of carbonyl (C=O) groups excluding carboxylic acids is 2. The molecular weight excluding hydrogens is 182 g/mol. The second kappa shape index (κ2) is 5.21. The summed E-state index contributed by atoms with van der Waals surface area (Å²) < 4.78 is 4.71. The van der Waals surface area contributed by atoms with Gasteiger partial charge in [-0.25, -0.2) is 0 Å². The van der Waals surface area contributed by atoms with E-state index in [2.05, 4.69) is 4.98 Å². The summed E-state index contributed by atoms with van der Waals surface area (Å²) in [6, 6.07) is 1.69. The Morgan fingerprint density at radius 3 is 2.79 bits per heavy atom. The van der Waals surface area contributed by atoms with Crippen molar-refractivity contribution in [3.05, 3.63) is 24.0 Å². The van der Waals surface area contributed by atoms with E-state index in [1.807, 2.05) is 0 Å². The number of carbonyl (C=O) groups is 2. The van der Waals surface area contributed by atoms with Crippen LogP contribution in [-0.2, 0) is 9.53 Å². The Bertz CT molecular complexity index is 303. The number of aromatic nitrogens is 1. The number of rotatable bonds is 5. The normalized spacial score (nSPS) is 9.79. The molecule has 0 unspecified atom stereocenters. The van der Waals surface area contributed by atoms with Gasteiger partial charge in [-0.3, -0.25) is 9.59 Å². The molecule has 0 amide bonds. The summed E-state index contributed by atoms with van der Waals surface area (Å²) in [6.45, 7) is 2.10. The van der Waals surface area contributed by atoms with Gasteiger partial charge >= 0.3 is 5.97 Å². The van der Waals surface area contributed by atoms with Crippen molar-refractivity contribution in [3.63, 3.8) is 0 Å². The first-order chi connectivity index (χ1) is 6.74. The molecule has 1 aromatic rings. The fourth-order valence-electron chi connectivity index (χ4n) is 1.09. The van der Waals surface area contributed by atoms with Crippen LogP contribution in [0.25, 0.3) is 0 Å². The van der Waals surface area contributed by atoms with E-state index in [9.17, 15) is 9.59 Å². The molecule has 1 aromatic heterocycles. The lowest BCUT2D eigenvalue weighted by molar-refractivity contribution is -0.143. The molecule has 0 saturated carbocycles. The van der Waals surface area contributed by atoms with Crippen molar-refractivity contribution in [2.45, 2.75) is 19.8 Å². The molecule has 0 saturated heterocycles. The van der Waals surface area contributed by atoms with Crippen LogP contribution >= 0.6 is 0 Å². The smallest absolute Gasteiger partial charge is 0.306 e. The fraction of sp³-hybridized carbons (Fsp3) is 0.400. The minimum atomic E-state index is -0.323. The third-order valence-electron chi connectivity index (χ3n) is 1.78. The number of hydrogen-bond donors (Lipinski definition) is 1. The Hall–Kier alpha value is -1.58. The molecule has 0 radical (unpaired) electrons. The maximum absolute atomic E-state index is 11.4. The molecule has 0 aliphatic carbocycles. The summed E-state index contributed by atoms with van der Waals surface area (Å²) in [6.07, 6.45) is 3.65. The van der Waals surface area contributed by atoms with E-state index in [-0.39, 0.29) is 24.6 Å². The molecule has 1 heterocycles. The summed E-state index contributed by atoms with van der Waals surface area (Å²) in [5.74, 6) is -0.365. The van der Waals surface area contributed by atoms with E-state index < -0.39 is 0 Å². The Morgan fingerprint density at radius 2 is 2.21 bits per heavy atom. The van der Waals surface area contributed by atoms with Gasteiger partial charge in [0.25, 0.3) is 0 Å². The van der Waals surface area contributed by atoms with Crippen LogP contribution in [0, 0.1) is 0 Å². The molecule has 1 N–H and O–H groups in total. The number of hydrogen-bond acceptors (Lipinski definition) is 3. The topological polar surface area (TPSA) is 59.2 Å². The zero-order chi connectivity index (χ0) is 10.4. The molecular formula is C10H13NO3. The van der Waals surface area contributed by atoms with E-state index in [0.717, 1.165) is 0 Å². The standard InChI is InChI=1S/C10H13NO3/c1-2-14-10(13)4-3-9(12)8-5-6-11-7-8/h5-7,11H,2-4H2,1H3. The van der Waals surface area contributed by atoms with Gasteiger partial charge in [0, 0.05) is 24.4 Å². The molecule has 4 heteroatoms. The van der Waals surface area contributed by atoms with Crippen LogP contribution < -0.4 is 0 Å². The zero-order valence-electron chi connectivity index (χ0n) is 8.08. The van der Waals surface area contributed by atoms with Crippen molar-refractivity contribution < 1.29 is 14.3 Å². The first-order valence-corrected chi connectivity index (χ1v) is 4.55. The highest BCUT2D eigenvalue weighted by atomic mass is 16.5. The van der Waals surface area contributed by atoms with E-state index in [4.69, 9.17) is 4.74 Å². The van der Waals surface area contributed by atoms with Gasteiger partial charge in [-0.15, -0.1) is 0 Å². The molecule has 0 aromatic carbocycles. The van der Waals surface area contributed by atoms with Gasteiger partial charge in [0.2, 0.25) is 0 Å². The number of ketones is 1. The van der Waals surface area contributed by atoms with E-state index in [1.165, 1.54) is 0 Å². The zero-order valence-corrected chi connectivity index (χ0v) is 8.08. The molecule has 0 bridgehead atoms. The van der Waals surface area contributed by atoms with Gasteiger partial charge in [-0.1, -0.05) is 0 Å². The van der Waals surface area contributed by atoms with Crippen molar-refractivity contribution in [1.82, 2.24) is 4.98 Å². The number of aromatic amines is 1. The quantitative estimate of drug-likeness (QED) is 0.572. The minimum absolute atomic E-state index is 0.0423. The Labute approximate surface area is 82.3 Å². The Morgan fingerprint density at radius 1 is 1.43 bits per heavy atom. The van der Waals surface area contributed by atoms with Crippen LogP contribution in [0.4, 0.5) is 0 Å². The lowest BCUT2D eigenvalue weighted by Crippen LogP contribution is -2.07. The molecule has 0 spiro atoms. The van der Waals surface area contributed by atoms with Gasteiger partial charge in [0.1, 0.15) is 0 Å². The van der Waals surface area contributed by atoms with Gasteiger partial charge in [-0.05, 0) is 13.0 Å². The molecule has 0 atom stereocenters. The monoisotopic (exact) mass is 195 g/mol. The molecule has 14 heavy (non-hydrogen) atoms. The predicted octanol–water partition coefficient (Wildman–Crippen LogP) is 1.54. The summed E-state index contributed by atoms with van der Waals surface area (Å²) in [5, 5.41) is 0. The lowest BCUT2D eigenvalue weighted by atomic mass is 10.1. The first kappa shape index (κ1) is 10.5. The molecule has 76 valence electrons. The molecule has 0 fully saturated rings. The number of H-pyrrole nitrogens is 1. The highest BCUT2D eigenvalue weighted by molar-refractivity contribution is 5.97. The summed E-state index contributed by atoms with van der Waals surface area (Å²) in [4.78, 5) is 25.1. The SMILES string of the molecule is CCOC(=O)CCC(=O)c1cc[nH]c1. The van der Waals surface area contributed by atoms with Gasteiger partial charge in [0.15, 0.2) is 5.78 Å². The van der Waals surface area contributed by atoms with E-state index in [1.54, 1.807) is 25.4 Å². The van der Waals surface area contributed by atoms with Gasteiger partial charge < -0.3 is 9.72 Å². The van der Waals surface area contributed by atoms with Crippen LogP contribution in [0.5, 0.6) is 0 Å². The largest absolute Gasteiger partial charge is 0.466 e. The number of ether oxygens (including phenoxy) is 1. The van der Waals surface area contributed by atoms with Crippen molar-refractivity contribution in [2.75, 3.05) is 6.61 Å². The maximum atomic E-state index is 11.4. The Balaban J connectivity index is 2.32. The molecule has 4 nitrogen and oxygen atoms in total. The first-order valence-electron chi connectivity index (χ1n) is 4.55. The maximum Gasteiger partial charge on any atom is 0.306 e. The third kappa shape index (κ3) is 3.05. The summed E-state index contributed by atoms with van der Waals surface area (Å²) in [5.41, 5.74) is 0.606. The Kier molecular flexibility index (Phi) is 3.91. The molecule has 0 aliphatic heterocycles. The van der Waals surface area contributed by atoms with Crippen molar-refractivity contribution >= 4 is 11.8 Å². The van der Waals surface area contributed by atoms with Crippen LogP contribution in [0.15, 0.2) is 18.5 Å². The number of esters is 1. The molecule has 0 aliphatic rings. The predicted molar refractivity (Wildman–Crippen MR) is 51.0 cm³/mol. The van der Waals surface area contributed by atoms with Gasteiger partial charge in [-0.2, -0.15) is 0 Å². The number of nitrogens with one attached hydrogen (secondary N) is 1. The van der Waals surface area contributed by atoms with Crippen LogP contribution in [-0.4, -0.2) is 23.3 Å². The van der Waals surface area contributed by atoms with Crippen molar-refractivity contribution in [3.8, 4) is 0 Å². The van der Waals surface area contributed by atoms with Gasteiger partial charge in [0.05, 0.1) is 13.0 Å². The van der Waals surface area contributed by atoms with Crippen LogP contribution in [0.2, 0.25) is 0 Å². The highest BCUT2D eigenvalue weighted by Gasteiger charge is 2.09. The van der Waals surface area contributed by atoms with Crippen LogP contribution in [0.1, 0.15) is 30.1 Å².